The fourth-order valence-corrected chi connectivity index (χ4v) is 2.02. The highest BCUT2D eigenvalue weighted by atomic mass is 16.5. The van der Waals surface area contributed by atoms with Gasteiger partial charge in [-0.15, -0.1) is 0 Å². The minimum absolute atomic E-state index is 0.327. The lowest BCUT2D eigenvalue weighted by molar-refractivity contribution is -0.144. The molecule has 1 N–H and O–H groups in total. The maximum absolute atomic E-state index is 11.1. The number of hydrogen-bond acceptors (Lipinski definition) is 5. The molecule has 0 saturated heterocycles. The van der Waals surface area contributed by atoms with E-state index in [2.05, 4.69) is 4.99 Å². The summed E-state index contributed by atoms with van der Waals surface area (Å²) in [6.45, 7) is 1.45. The molecule has 24 heavy (non-hydrogen) atoms. The van der Waals surface area contributed by atoms with E-state index in [1.807, 2.05) is 24.3 Å². The summed E-state index contributed by atoms with van der Waals surface area (Å²) in [6, 6.07) is 12.6. The third-order valence-electron chi connectivity index (χ3n) is 3.30. The van der Waals surface area contributed by atoms with E-state index >= 15 is 0 Å². The van der Waals surface area contributed by atoms with E-state index in [0.29, 0.717) is 28.5 Å². The first kappa shape index (κ1) is 17.3. The number of hydrogen-bond donors (Lipinski definition) is 1. The predicted molar refractivity (Wildman–Crippen MR) is 91.0 cm³/mol. The smallest absolute Gasteiger partial charge is 0.344 e. The zero-order valence-corrected chi connectivity index (χ0v) is 13.7. The summed E-state index contributed by atoms with van der Waals surface area (Å²) in [5.74, 6) is 0.340. The SMILES string of the molecule is COc1ccccc1N=Cc1cccc(OC)c1O[C@H](C)C(=O)O. The van der Waals surface area contributed by atoms with Crippen LogP contribution >= 0.6 is 0 Å². The van der Waals surface area contributed by atoms with Crippen LogP contribution in [0.5, 0.6) is 17.2 Å². The molecule has 0 heterocycles. The minimum atomic E-state index is -1.06. The van der Waals surface area contributed by atoms with Crippen LogP contribution < -0.4 is 14.2 Å². The summed E-state index contributed by atoms with van der Waals surface area (Å²) in [7, 11) is 3.07. The molecule has 0 aliphatic heterocycles. The van der Waals surface area contributed by atoms with Crippen molar-refractivity contribution in [2.45, 2.75) is 13.0 Å². The van der Waals surface area contributed by atoms with E-state index in [4.69, 9.17) is 19.3 Å². The Bertz CT molecular complexity index is 742. The van der Waals surface area contributed by atoms with E-state index in [9.17, 15) is 4.79 Å². The first-order chi connectivity index (χ1) is 11.6. The van der Waals surface area contributed by atoms with Gasteiger partial charge in [-0.25, -0.2) is 4.79 Å². The highest BCUT2D eigenvalue weighted by Gasteiger charge is 2.18. The molecule has 0 amide bonds. The number of methoxy groups -OCH3 is 2. The number of aliphatic imine (C=N–C) groups is 1. The van der Waals surface area contributed by atoms with Crippen LogP contribution in [0.1, 0.15) is 12.5 Å². The van der Waals surface area contributed by atoms with Gasteiger partial charge in [0, 0.05) is 11.8 Å². The normalized spacial score (nSPS) is 12.0. The monoisotopic (exact) mass is 329 g/mol. The molecule has 0 saturated carbocycles. The van der Waals surface area contributed by atoms with Crippen molar-refractivity contribution in [2.75, 3.05) is 14.2 Å². The standard InChI is InChI=1S/C18H19NO5/c1-12(18(20)21)24-17-13(7-6-10-16(17)23-3)11-19-14-8-4-5-9-15(14)22-2/h4-12H,1-3H3,(H,20,21)/t12-/m1/s1. The van der Waals surface area contributed by atoms with Crippen LogP contribution in [0.4, 0.5) is 5.69 Å². The van der Waals surface area contributed by atoms with Crippen molar-refractivity contribution >= 4 is 17.9 Å². The van der Waals surface area contributed by atoms with Crippen molar-refractivity contribution in [1.82, 2.24) is 0 Å². The Balaban J connectivity index is 2.39. The first-order valence-corrected chi connectivity index (χ1v) is 7.30. The number of carboxylic acids is 1. The third kappa shape index (κ3) is 4.04. The Morgan fingerprint density at radius 1 is 1.08 bits per heavy atom. The van der Waals surface area contributed by atoms with Gasteiger partial charge < -0.3 is 19.3 Å². The number of para-hydroxylation sites is 3. The van der Waals surface area contributed by atoms with Gasteiger partial charge in [-0.05, 0) is 31.2 Å². The zero-order valence-electron chi connectivity index (χ0n) is 13.7. The van der Waals surface area contributed by atoms with Crippen LogP contribution in [0.15, 0.2) is 47.5 Å². The Morgan fingerprint density at radius 3 is 2.42 bits per heavy atom. The minimum Gasteiger partial charge on any atom is -0.494 e. The summed E-state index contributed by atoms with van der Waals surface area (Å²) in [4.78, 5) is 15.5. The lowest BCUT2D eigenvalue weighted by atomic mass is 10.2. The summed E-state index contributed by atoms with van der Waals surface area (Å²) < 4.78 is 16.0. The van der Waals surface area contributed by atoms with Gasteiger partial charge in [0.1, 0.15) is 11.4 Å². The van der Waals surface area contributed by atoms with Gasteiger partial charge in [0.25, 0.3) is 0 Å². The highest BCUT2D eigenvalue weighted by Crippen LogP contribution is 2.32. The predicted octanol–water partition coefficient (Wildman–Crippen LogP) is 3.31. The van der Waals surface area contributed by atoms with Crippen molar-refractivity contribution < 1.29 is 24.1 Å². The maximum atomic E-state index is 11.1. The lowest BCUT2D eigenvalue weighted by Crippen LogP contribution is -2.23. The van der Waals surface area contributed by atoms with Crippen LogP contribution in [0.2, 0.25) is 0 Å². The van der Waals surface area contributed by atoms with Crippen LogP contribution in [-0.4, -0.2) is 37.6 Å². The van der Waals surface area contributed by atoms with E-state index < -0.39 is 12.1 Å². The van der Waals surface area contributed by atoms with Gasteiger partial charge >= 0.3 is 5.97 Å². The van der Waals surface area contributed by atoms with Crippen molar-refractivity contribution in [2.24, 2.45) is 4.99 Å². The Kier molecular flexibility index (Phi) is 5.78. The highest BCUT2D eigenvalue weighted by molar-refractivity contribution is 5.87. The fraction of sp³-hybridized carbons (Fsp3) is 0.222. The lowest BCUT2D eigenvalue weighted by Gasteiger charge is -2.15. The average molecular weight is 329 g/mol. The van der Waals surface area contributed by atoms with Crippen LogP contribution in [0.25, 0.3) is 0 Å². The molecule has 0 aliphatic carbocycles. The summed E-state index contributed by atoms with van der Waals surface area (Å²) in [5, 5.41) is 9.06. The number of rotatable bonds is 7. The molecule has 0 aromatic heterocycles. The molecule has 6 nitrogen and oxygen atoms in total. The topological polar surface area (TPSA) is 77.3 Å². The maximum Gasteiger partial charge on any atom is 0.344 e. The van der Waals surface area contributed by atoms with Gasteiger partial charge in [0.15, 0.2) is 17.6 Å². The van der Waals surface area contributed by atoms with Gasteiger partial charge in [0.2, 0.25) is 0 Å². The van der Waals surface area contributed by atoms with Gasteiger partial charge in [0.05, 0.1) is 14.2 Å². The second-order valence-corrected chi connectivity index (χ2v) is 4.91. The molecule has 0 aliphatic rings. The number of aliphatic carboxylic acids is 1. The summed E-state index contributed by atoms with van der Waals surface area (Å²) >= 11 is 0. The molecule has 2 rings (SSSR count). The van der Waals surface area contributed by atoms with Gasteiger partial charge in [-0.1, -0.05) is 18.2 Å². The molecule has 0 spiro atoms. The van der Waals surface area contributed by atoms with Gasteiger partial charge in [-0.2, -0.15) is 0 Å². The largest absolute Gasteiger partial charge is 0.494 e. The number of nitrogens with zero attached hydrogens (tertiary/aromatic N) is 1. The van der Waals surface area contributed by atoms with Crippen molar-refractivity contribution in [1.29, 1.82) is 0 Å². The summed E-state index contributed by atoms with van der Waals surface area (Å²) in [6.07, 6.45) is 0.573. The van der Waals surface area contributed by atoms with Crippen LogP contribution in [0.3, 0.4) is 0 Å². The Morgan fingerprint density at radius 2 is 1.75 bits per heavy atom. The van der Waals surface area contributed by atoms with Crippen molar-refractivity contribution in [3.8, 4) is 17.2 Å². The Labute approximate surface area is 140 Å². The molecule has 2 aromatic carbocycles. The Hall–Kier alpha value is -3.02. The molecular formula is C18H19NO5. The van der Waals surface area contributed by atoms with Gasteiger partial charge in [-0.3, -0.25) is 4.99 Å². The molecule has 126 valence electrons. The zero-order chi connectivity index (χ0) is 17.5. The number of benzene rings is 2. The van der Waals surface area contributed by atoms with Crippen LogP contribution in [-0.2, 0) is 4.79 Å². The fourth-order valence-electron chi connectivity index (χ4n) is 2.02. The quantitative estimate of drug-likeness (QED) is 0.789. The summed E-state index contributed by atoms with van der Waals surface area (Å²) in [5.41, 5.74) is 1.26. The van der Waals surface area contributed by atoms with E-state index in [-0.39, 0.29) is 0 Å². The molecule has 2 aromatic rings. The molecule has 0 radical (unpaired) electrons. The molecule has 0 unspecified atom stereocenters. The number of carbonyl (C=O) groups is 1. The van der Waals surface area contributed by atoms with E-state index in [0.717, 1.165) is 0 Å². The third-order valence-corrected chi connectivity index (χ3v) is 3.30. The average Bonchev–Trinajstić information content (AvgIpc) is 2.60. The van der Waals surface area contributed by atoms with Crippen LogP contribution in [0, 0.1) is 0 Å². The van der Waals surface area contributed by atoms with Crippen molar-refractivity contribution in [3.63, 3.8) is 0 Å². The molecule has 6 heteroatoms. The van der Waals surface area contributed by atoms with E-state index in [1.54, 1.807) is 31.5 Å². The second-order valence-electron chi connectivity index (χ2n) is 4.91. The molecular weight excluding hydrogens is 310 g/mol. The second kappa shape index (κ2) is 8.01. The molecule has 0 fully saturated rings. The molecule has 0 bridgehead atoms. The number of carboxylic acid groups (broad SMARTS) is 1. The van der Waals surface area contributed by atoms with Crippen molar-refractivity contribution in [3.05, 3.63) is 48.0 Å². The molecule has 1 atom stereocenters. The number of ether oxygens (including phenoxy) is 3. The first-order valence-electron chi connectivity index (χ1n) is 7.30. The van der Waals surface area contributed by atoms with E-state index in [1.165, 1.54) is 14.0 Å².